The van der Waals surface area contributed by atoms with Crippen LogP contribution in [0.5, 0.6) is 0 Å². The molecule has 1 aliphatic heterocycles. The Bertz CT molecular complexity index is 839. The molecule has 0 unspecified atom stereocenters. The zero-order chi connectivity index (χ0) is 18.7. The van der Waals surface area contributed by atoms with E-state index in [0.717, 1.165) is 5.69 Å². The zero-order valence-corrected chi connectivity index (χ0v) is 15.2. The summed E-state index contributed by atoms with van der Waals surface area (Å²) in [5.41, 5.74) is 6.35. The number of halogens is 1. The van der Waals surface area contributed by atoms with Gasteiger partial charge in [0.2, 0.25) is 11.8 Å². The number of primary amides is 1. The van der Waals surface area contributed by atoms with Gasteiger partial charge >= 0.3 is 6.03 Å². The number of nitrogens with one attached hydrogen (secondary N) is 1. The number of anilines is 2. The lowest BCUT2D eigenvalue weighted by molar-refractivity contribution is -0.117. The Balaban J connectivity index is 1.56. The van der Waals surface area contributed by atoms with Crippen molar-refractivity contribution in [1.29, 1.82) is 0 Å². The van der Waals surface area contributed by atoms with Gasteiger partial charge in [-0.2, -0.15) is 0 Å². The van der Waals surface area contributed by atoms with E-state index in [1.54, 1.807) is 34.5 Å². The Hall–Kier alpha value is -2.65. The first-order chi connectivity index (χ1) is 12.4. The monoisotopic (exact) mass is 393 g/mol. The van der Waals surface area contributed by atoms with Gasteiger partial charge in [-0.3, -0.25) is 14.5 Å². The van der Waals surface area contributed by atoms with E-state index < -0.39 is 5.91 Å². The number of urea groups is 1. The molecular formula is C16H16ClN5O3S. The molecule has 0 bridgehead atoms. The average molecular weight is 394 g/mol. The second kappa shape index (κ2) is 7.71. The maximum atomic E-state index is 12.5. The molecule has 1 aromatic carbocycles. The third-order valence-electron chi connectivity index (χ3n) is 3.72. The smallest absolute Gasteiger partial charge is 0.325 e. The molecule has 1 aliphatic rings. The minimum absolute atomic E-state index is 0.0209. The van der Waals surface area contributed by atoms with E-state index in [1.807, 2.05) is 0 Å². The van der Waals surface area contributed by atoms with Crippen molar-refractivity contribution >= 4 is 51.6 Å². The molecule has 1 fully saturated rings. The molecule has 2 heterocycles. The molecular weight excluding hydrogens is 378 g/mol. The number of carbonyl (C=O) groups excluding carboxylic acids is 3. The van der Waals surface area contributed by atoms with Gasteiger partial charge in [-0.25, -0.2) is 9.78 Å². The van der Waals surface area contributed by atoms with Gasteiger partial charge in [0.1, 0.15) is 6.54 Å². The molecule has 2 aromatic rings. The Labute approximate surface area is 158 Å². The lowest BCUT2D eigenvalue weighted by Crippen LogP contribution is -2.37. The minimum Gasteiger partial charge on any atom is -0.369 e. The molecule has 0 saturated carbocycles. The predicted molar refractivity (Wildman–Crippen MR) is 99.4 cm³/mol. The average Bonchev–Trinajstić information content (AvgIpc) is 3.15. The van der Waals surface area contributed by atoms with E-state index in [2.05, 4.69) is 10.3 Å². The largest absolute Gasteiger partial charge is 0.369 e. The van der Waals surface area contributed by atoms with Crippen molar-refractivity contribution in [2.75, 3.05) is 29.9 Å². The van der Waals surface area contributed by atoms with Gasteiger partial charge in [0.25, 0.3) is 0 Å². The van der Waals surface area contributed by atoms with E-state index in [-0.39, 0.29) is 24.9 Å². The number of carbonyl (C=O) groups is 3. The number of rotatable bonds is 6. The third-order valence-corrected chi connectivity index (χ3v) is 4.78. The molecule has 3 rings (SSSR count). The number of nitrogens with zero attached hydrogens (tertiary/aromatic N) is 3. The van der Waals surface area contributed by atoms with Gasteiger partial charge in [-0.05, 0) is 24.3 Å². The van der Waals surface area contributed by atoms with Crippen LogP contribution in [0.15, 0.2) is 29.6 Å². The van der Waals surface area contributed by atoms with Crippen molar-refractivity contribution in [1.82, 2.24) is 9.88 Å². The van der Waals surface area contributed by atoms with Crippen molar-refractivity contribution in [3.8, 4) is 0 Å². The number of hydrogen-bond acceptors (Lipinski definition) is 5. The van der Waals surface area contributed by atoms with Crippen molar-refractivity contribution in [3.63, 3.8) is 0 Å². The highest BCUT2D eigenvalue weighted by Gasteiger charge is 2.30. The normalized spacial score (nSPS) is 14.0. The maximum absolute atomic E-state index is 12.5. The summed E-state index contributed by atoms with van der Waals surface area (Å²) in [7, 11) is 0. The molecule has 0 radical (unpaired) electrons. The fourth-order valence-electron chi connectivity index (χ4n) is 2.55. The van der Waals surface area contributed by atoms with E-state index >= 15 is 0 Å². The van der Waals surface area contributed by atoms with E-state index in [1.165, 1.54) is 16.2 Å². The molecule has 4 amide bonds. The van der Waals surface area contributed by atoms with Gasteiger partial charge in [0.05, 0.1) is 12.1 Å². The molecule has 8 nitrogen and oxygen atoms in total. The Morgan fingerprint density at radius 2 is 2.00 bits per heavy atom. The van der Waals surface area contributed by atoms with Crippen LogP contribution in [-0.2, 0) is 16.0 Å². The number of aromatic nitrogens is 1. The Kier molecular flexibility index (Phi) is 5.38. The second-order valence-electron chi connectivity index (χ2n) is 5.67. The summed E-state index contributed by atoms with van der Waals surface area (Å²) in [4.78, 5) is 42.7. The number of amides is 4. The molecule has 10 heteroatoms. The fourth-order valence-corrected chi connectivity index (χ4v) is 3.40. The van der Waals surface area contributed by atoms with Crippen LogP contribution in [0.1, 0.15) is 5.69 Å². The molecule has 26 heavy (non-hydrogen) atoms. The van der Waals surface area contributed by atoms with Crippen LogP contribution >= 0.6 is 22.9 Å². The first-order valence-corrected chi connectivity index (χ1v) is 9.02. The maximum Gasteiger partial charge on any atom is 0.325 e. The topological polar surface area (TPSA) is 109 Å². The predicted octanol–water partition coefficient (Wildman–Crippen LogP) is 1.70. The quantitative estimate of drug-likeness (QED) is 0.778. The third kappa shape index (κ3) is 4.30. The van der Waals surface area contributed by atoms with Crippen LogP contribution < -0.4 is 16.0 Å². The zero-order valence-electron chi connectivity index (χ0n) is 13.6. The van der Waals surface area contributed by atoms with Gasteiger partial charge < -0.3 is 16.0 Å². The summed E-state index contributed by atoms with van der Waals surface area (Å²) in [5, 5.41) is 5.25. The molecule has 136 valence electrons. The van der Waals surface area contributed by atoms with Crippen LogP contribution in [0.2, 0.25) is 5.02 Å². The number of thiazole rings is 1. The molecule has 0 spiro atoms. The first-order valence-electron chi connectivity index (χ1n) is 7.77. The van der Waals surface area contributed by atoms with Crippen LogP contribution in [0.4, 0.5) is 15.6 Å². The molecule has 3 N–H and O–H groups in total. The van der Waals surface area contributed by atoms with Crippen LogP contribution in [0.25, 0.3) is 0 Å². The van der Waals surface area contributed by atoms with Crippen molar-refractivity contribution < 1.29 is 14.4 Å². The standard InChI is InChI=1S/C16H16ClN5O3S/c17-10-1-3-12(4-2-10)22-6-5-21(16(22)25)8-14(24)20-15-19-11(9-26-15)7-13(18)23/h1-4,9H,5-8H2,(H2,18,23)(H,19,20,24). The fraction of sp³-hybridized carbons (Fsp3) is 0.250. The van der Waals surface area contributed by atoms with E-state index in [9.17, 15) is 14.4 Å². The van der Waals surface area contributed by atoms with E-state index in [0.29, 0.717) is 28.9 Å². The van der Waals surface area contributed by atoms with Gasteiger partial charge in [0, 0.05) is 29.2 Å². The summed E-state index contributed by atoms with van der Waals surface area (Å²) in [6.45, 7) is 0.862. The summed E-state index contributed by atoms with van der Waals surface area (Å²) < 4.78 is 0. The van der Waals surface area contributed by atoms with Crippen molar-refractivity contribution in [2.24, 2.45) is 5.73 Å². The van der Waals surface area contributed by atoms with Crippen LogP contribution in [0.3, 0.4) is 0 Å². The molecule has 1 saturated heterocycles. The summed E-state index contributed by atoms with van der Waals surface area (Å²) in [5.74, 6) is -0.839. The van der Waals surface area contributed by atoms with Crippen LogP contribution in [-0.4, -0.2) is 47.4 Å². The van der Waals surface area contributed by atoms with E-state index in [4.69, 9.17) is 17.3 Å². The highest BCUT2D eigenvalue weighted by atomic mass is 35.5. The highest BCUT2D eigenvalue weighted by molar-refractivity contribution is 7.13. The van der Waals surface area contributed by atoms with Crippen molar-refractivity contribution in [2.45, 2.75) is 6.42 Å². The number of hydrogen-bond donors (Lipinski definition) is 2. The summed E-state index contributed by atoms with van der Waals surface area (Å²) >= 11 is 7.06. The molecule has 0 aliphatic carbocycles. The second-order valence-corrected chi connectivity index (χ2v) is 6.96. The number of benzene rings is 1. The van der Waals surface area contributed by atoms with Gasteiger partial charge in [-0.1, -0.05) is 11.6 Å². The highest BCUT2D eigenvalue weighted by Crippen LogP contribution is 2.22. The lowest BCUT2D eigenvalue weighted by atomic mass is 10.3. The molecule has 0 atom stereocenters. The van der Waals surface area contributed by atoms with Gasteiger partial charge in [0.15, 0.2) is 5.13 Å². The van der Waals surface area contributed by atoms with Gasteiger partial charge in [-0.15, -0.1) is 11.3 Å². The number of nitrogens with two attached hydrogens (primary N) is 1. The van der Waals surface area contributed by atoms with Crippen molar-refractivity contribution in [3.05, 3.63) is 40.4 Å². The Morgan fingerprint density at radius 1 is 1.27 bits per heavy atom. The minimum atomic E-state index is -0.488. The summed E-state index contributed by atoms with van der Waals surface area (Å²) in [6, 6.07) is 6.72. The van der Waals surface area contributed by atoms with Crippen LogP contribution in [0, 0.1) is 0 Å². The Morgan fingerprint density at radius 3 is 2.69 bits per heavy atom. The first kappa shape index (κ1) is 18.2. The lowest BCUT2D eigenvalue weighted by Gasteiger charge is -2.18. The summed E-state index contributed by atoms with van der Waals surface area (Å²) in [6.07, 6.45) is 0.0209. The molecule has 1 aromatic heterocycles. The SMILES string of the molecule is NC(=O)Cc1csc(NC(=O)CN2CCN(c3ccc(Cl)cc3)C2=O)n1.